The van der Waals surface area contributed by atoms with E-state index in [2.05, 4.69) is 20.2 Å². The molecule has 0 saturated carbocycles. The van der Waals surface area contributed by atoms with Gasteiger partial charge in [-0.05, 0) is 13.8 Å². The standard InChI is InChI=1S/C17H18N4O2S/c1-4-13-20-21-16(23-13)11(3)24-17-18-14(10(2)15(22)19-17)12-8-6-5-7-9-12/h5-9,11H,4H2,1-3H3,(H,18,19,22)/t11-/m1/s1. The molecular formula is C17H18N4O2S. The molecule has 7 heteroatoms. The van der Waals surface area contributed by atoms with Crippen LogP contribution in [-0.4, -0.2) is 20.2 Å². The lowest BCUT2D eigenvalue weighted by molar-refractivity contribution is 0.456. The van der Waals surface area contributed by atoms with Gasteiger partial charge in [-0.2, -0.15) is 0 Å². The summed E-state index contributed by atoms with van der Waals surface area (Å²) in [6.07, 6.45) is 0.697. The zero-order chi connectivity index (χ0) is 17.1. The van der Waals surface area contributed by atoms with Gasteiger partial charge in [-0.1, -0.05) is 49.0 Å². The van der Waals surface area contributed by atoms with Crippen LogP contribution in [0.25, 0.3) is 11.3 Å². The Kier molecular flexibility index (Phi) is 4.80. The summed E-state index contributed by atoms with van der Waals surface area (Å²) in [6.45, 7) is 5.68. The van der Waals surface area contributed by atoms with E-state index in [0.717, 1.165) is 5.56 Å². The molecule has 24 heavy (non-hydrogen) atoms. The van der Waals surface area contributed by atoms with Gasteiger partial charge in [0.15, 0.2) is 5.16 Å². The number of hydrogen-bond acceptors (Lipinski definition) is 6. The smallest absolute Gasteiger partial charge is 0.255 e. The lowest BCUT2D eigenvalue weighted by Gasteiger charge is -2.09. The van der Waals surface area contributed by atoms with E-state index < -0.39 is 0 Å². The molecule has 6 nitrogen and oxygen atoms in total. The molecule has 0 aliphatic carbocycles. The predicted octanol–water partition coefficient (Wildman–Crippen LogP) is 3.54. The predicted molar refractivity (Wildman–Crippen MR) is 93.0 cm³/mol. The molecule has 0 fully saturated rings. The maximum Gasteiger partial charge on any atom is 0.255 e. The Labute approximate surface area is 143 Å². The average molecular weight is 342 g/mol. The van der Waals surface area contributed by atoms with Crippen LogP contribution in [0.1, 0.15) is 36.4 Å². The van der Waals surface area contributed by atoms with Gasteiger partial charge in [-0.3, -0.25) is 4.79 Å². The lowest BCUT2D eigenvalue weighted by Crippen LogP contribution is -2.14. The highest BCUT2D eigenvalue weighted by molar-refractivity contribution is 7.99. The van der Waals surface area contributed by atoms with Crippen molar-refractivity contribution in [3.8, 4) is 11.3 Å². The zero-order valence-electron chi connectivity index (χ0n) is 13.7. The third-order valence-electron chi connectivity index (χ3n) is 3.60. The molecule has 0 amide bonds. The SMILES string of the molecule is CCc1nnc([C@@H](C)Sc2nc(-c3ccccc3)c(C)c(=O)[nH]2)o1. The van der Waals surface area contributed by atoms with Crippen LogP contribution in [0.4, 0.5) is 0 Å². The Morgan fingerprint density at radius 2 is 2.00 bits per heavy atom. The van der Waals surface area contributed by atoms with Crippen LogP contribution in [0.2, 0.25) is 0 Å². The molecule has 0 bridgehead atoms. The maximum atomic E-state index is 12.2. The van der Waals surface area contributed by atoms with Gasteiger partial charge in [-0.25, -0.2) is 4.98 Å². The van der Waals surface area contributed by atoms with Crippen molar-refractivity contribution >= 4 is 11.8 Å². The number of H-pyrrole nitrogens is 1. The van der Waals surface area contributed by atoms with E-state index in [0.29, 0.717) is 34.6 Å². The molecule has 3 aromatic rings. The number of nitrogens with zero attached hydrogens (tertiary/aromatic N) is 3. The van der Waals surface area contributed by atoms with Crippen molar-refractivity contribution in [1.82, 2.24) is 20.2 Å². The molecule has 1 atom stereocenters. The van der Waals surface area contributed by atoms with Gasteiger partial charge in [0.2, 0.25) is 11.8 Å². The van der Waals surface area contributed by atoms with Crippen LogP contribution >= 0.6 is 11.8 Å². The number of rotatable bonds is 5. The van der Waals surface area contributed by atoms with E-state index in [9.17, 15) is 4.79 Å². The summed E-state index contributed by atoms with van der Waals surface area (Å²) >= 11 is 1.39. The fourth-order valence-corrected chi connectivity index (χ4v) is 3.06. The highest BCUT2D eigenvalue weighted by Gasteiger charge is 2.18. The van der Waals surface area contributed by atoms with Gasteiger partial charge in [0, 0.05) is 17.5 Å². The highest BCUT2D eigenvalue weighted by atomic mass is 32.2. The van der Waals surface area contributed by atoms with Gasteiger partial charge in [0.25, 0.3) is 5.56 Å². The second-order valence-electron chi connectivity index (χ2n) is 5.36. The molecule has 0 unspecified atom stereocenters. The molecule has 2 heterocycles. The van der Waals surface area contributed by atoms with E-state index in [1.165, 1.54) is 11.8 Å². The quantitative estimate of drug-likeness (QED) is 0.564. The van der Waals surface area contributed by atoms with Crippen molar-refractivity contribution in [3.63, 3.8) is 0 Å². The topological polar surface area (TPSA) is 84.7 Å². The van der Waals surface area contributed by atoms with Crippen LogP contribution in [0.5, 0.6) is 0 Å². The normalized spacial score (nSPS) is 12.3. The van der Waals surface area contributed by atoms with Gasteiger partial charge in [0.1, 0.15) is 0 Å². The third kappa shape index (κ3) is 3.41. The van der Waals surface area contributed by atoms with Gasteiger partial charge >= 0.3 is 0 Å². The van der Waals surface area contributed by atoms with Gasteiger partial charge in [0.05, 0.1) is 10.9 Å². The summed E-state index contributed by atoms with van der Waals surface area (Å²) < 4.78 is 5.57. The highest BCUT2D eigenvalue weighted by Crippen LogP contribution is 2.32. The Hall–Kier alpha value is -2.41. The van der Waals surface area contributed by atoms with Gasteiger partial charge < -0.3 is 9.40 Å². The number of benzene rings is 1. The largest absolute Gasteiger partial charge is 0.424 e. The molecule has 2 aromatic heterocycles. The Bertz CT molecular complexity index is 889. The summed E-state index contributed by atoms with van der Waals surface area (Å²) in [5, 5.41) is 8.45. The average Bonchev–Trinajstić information content (AvgIpc) is 3.08. The number of hydrogen-bond donors (Lipinski definition) is 1. The summed E-state index contributed by atoms with van der Waals surface area (Å²) in [5.41, 5.74) is 2.07. The molecule has 0 spiro atoms. The minimum Gasteiger partial charge on any atom is -0.424 e. The van der Waals surface area contributed by atoms with E-state index in [1.54, 1.807) is 6.92 Å². The van der Waals surface area contributed by atoms with Crippen LogP contribution in [0, 0.1) is 6.92 Å². The van der Waals surface area contributed by atoms with Crippen molar-refractivity contribution in [2.75, 3.05) is 0 Å². The number of aryl methyl sites for hydroxylation is 1. The fraction of sp³-hybridized carbons (Fsp3) is 0.294. The lowest BCUT2D eigenvalue weighted by atomic mass is 10.1. The molecule has 0 radical (unpaired) electrons. The van der Waals surface area contributed by atoms with Crippen LogP contribution in [-0.2, 0) is 6.42 Å². The molecule has 0 aliphatic rings. The summed E-state index contributed by atoms with van der Waals surface area (Å²) in [7, 11) is 0. The Balaban J connectivity index is 1.91. The van der Waals surface area contributed by atoms with Crippen molar-refractivity contribution in [1.29, 1.82) is 0 Å². The second-order valence-corrected chi connectivity index (χ2v) is 6.69. The Morgan fingerprint density at radius 3 is 2.67 bits per heavy atom. The summed E-state index contributed by atoms with van der Waals surface area (Å²) in [6, 6.07) is 9.68. The van der Waals surface area contributed by atoms with Crippen molar-refractivity contribution in [2.45, 2.75) is 37.6 Å². The fourth-order valence-electron chi connectivity index (χ4n) is 2.24. The maximum absolute atomic E-state index is 12.2. The second kappa shape index (κ2) is 7.00. The molecule has 1 aromatic carbocycles. The first kappa shape index (κ1) is 16.4. The molecule has 0 saturated heterocycles. The monoisotopic (exact) mass is 342 g/mol. The first-order chi connectivity index (χ1) is 11.6. The van der Waals surface area contributed by atoms with Crippen LogP contribution < -0.4 is 5.56 Å². The molecule has 3 rings (SSSR count). The molecule has 1 N–H and O–H groups in total. The molecule has 124 valence electrons. The van der Waals surface area contributed by atoms with E-state index in [1.807, 2.05) is 44.2 Å². The number of thioether (sulfide) groups is 1. The first-order valence-electron chi connectivity index (χ1n) is 7.73. The van der Waals surface area contributed by atoms with E-state index in [4.69, 9.17) is 4.42 Å². The van der Waals surface area contributed by atoms with E-state index in [-0.39, 0.29) is 10.8 Å². The summed E-state index contributed by atoms with van der Waals surface area (Å²) in [4.78, 5) is 19.7. The Morgan fingerprint density at radius 1 is 1.25 bits per heavy atom. The number of nitrogens with one attached hydrogen (secondary N) is 1. The van der Waals surface area contributed by atoms with Crippen molar-refractivity contribution in [2.24, 2.45) is 0 Å². The van der Waals surface area contributed by atoms with Crippen LogP contribution in [0.15, 0.2) is 44.7 Å². The van der Waals surface area contributed by atoms with Crippen molar-refractivity contribution < 1.29 is 4.42 Å². The number of aromatic amines is 1. The minimum atomic E-state index is -0.140. The van der Waals surface area contributed by atoms with Gasteiger partial charge in [-0.15, -0.1) is 10.2 Å². The van der Waals surface area contributed by atoms with Crippen LogP contribution in [0.3, 0.4) is 0 Å². The minimum absolute atomic E-state index is 0.104. The third-order valence-corrected chi connectivity index (χ3v) is 4.57. The van der Waals surface area contributed by atoms with Crippen molar-refractivity contribution in [3.05, 3.63) is 58.0 Å². The first-order valence-corrected chi connectivity index (χ1v) is 8.61. The molecular weight excluding hydrogens is 324 g/mol. The summed E-state index contributed by atoms with van der Waals surface area (Å²) in [5.74, 6) is 1.13. The zero-order valence-corrected chi connectivity index (χ0v) is 14.6. The van der Waals surface area contributed by atoms with E-state index >= 15 is 0 Å². The molecule has 0 aliphatic heterocycles. The number of aromatic nitrogens is 4.